The van der Waals surface area contributed by atoms with Crippen molar-refractivity contribution in [2.45, 2.75) is 428 Å². The number of guanidine groups is 2. The van der Waals surface area contributed by atoms with Crippen LogP contribution in [-0.4, -0.2) is 263 Å². The Labute approximate surface area is 923 Å². The van der Waals surface area contributed by atoms with Gasteiger partial charge in [0.2, 0.25) is 33.7 Å². The average Bonchev–Trinajstić information content (AvgIpc) is 1.36. The fourth-order valence-electron chi connectivity index (χ4n) is 12.3. The summed E-state index contributed by atoms with van der Waals surface area (Å²) in [6.07, 6.45) is 33.2. The highest BCUT2D eigenvalue weighted by Gasteiger charge is 2.20. The number of ether oxygens (including phenoxy) is 1. The van der Waals surface area contributed by atoms with Gasteiger partial charge in [-0.15, -0.1) is 20.1 Å². The molecule has 0 spiro atoms. The summed E-state index contributed by atoms with van der Waals surface area (Å²) < 4.78 is 103. The summed E-state index contributed by atoms with van der Waals surface area (Å²) in [4.78, 5) is 80.5. The molecule has 0 saturated carbocycles. The van der Waals surface area contributed by atoms with Gasteiger partial charge < -0.3 is 56.7 Å². The first-order valence-electron chi connectivity index (χ1n) is 53.5. The van der Waals surface area contributed by atoms with Crippen LogP contribution in [0.3, 0.4) is 0 Å². The number of hydroxylamine groups is 2. The van der Waals surface area contributed by atoms with Crippen LogP contribution in [0.2, 0.25) is 0 Å². The van der Waals surface area contributed by atoms with Crippen molar-refractivity contribution in [2.75, 3.05) is 141 Å². The van der Waals surface area contributed by atoms with Crippen molar-refractivity contribution < 1.29 is 77.4 Å². The molecule has 0 unspecified atom stereocenters. The van der Waals surface area contributed by atoms with Gasteiger partial charge in [-0.3, -0.25) is 53.2 Å². The van der Waals surface area contributed by atoms with E-state index in [9.17, 15) is 57.6 Å². The van der Waals surface area contributed by atoms with Crippen molar-refractivity contribution in [3.63, 3.8) is 0 Å². The first-order chi connectivity index (χ1) is 67.8. The summed E-state index contributed by atoms with van der Waals surface area (Å²) in [5, 5.41) is 47.7. The monoisotopic (exact) mass is 2240 g/mol. The summed E-state index contributed by atoms with van der Waals surface area (Å²) in [7, 11) is 2.93. The molecular weight excluding hydrogens is 2010 g/mol. The molecule has 0 aromatic carbocycles. The van der Waals surface area contributed by atoms with Crippen LogP contribution in [-0.2, 0) is 74.2 Å². The molecule has 1 aromatic rings. The zero-order chi connectivity index (χ0) is 120. The number of hydrogen-bond donors (Lipinski definition) is 12. The van der Waals surface area contributed by atoms with Crippen molar-refractivity contribution in [1.82, 2.24) is 50.1 Å². The molecule has 1 rings (SSSR count). The Morgan fingerprint density at radius 2 is 0.820 bits per heavy atom. The number of carbonyl (C=O) groups is 5. The predicted octanol–water partition coefficient (Wildman–Crippen LogP) is 19.8. The molecule has 0 radical (unpaired) electrons. The van der Waals surface area contributed by atoms with E-state index in [1.807, 2.05) is 44.5 Å². The van der Waals surface area contributed by atoms with Crippen LogP contribution in [0.25, 0.3) is 0 Å². The summed E-state index contributed by atoms with van der Waals surface area (Å²) in [6.45, 7) is 75.8. The molecule has 1 heterocycles. The predicted molar refractivity (Wildman–Crippen MR) is 638 cm³/mol. The number of nitrogens with zero attached hydrogens (tertiary/aromatic N) is 10. The highest BCUT2D eigenvalue weighted by Crippen LogP contribution is 2.28. The molecule has 37 nitrogen and oxygen atoms in total. The molecule has 0 aliphatic rings. The van der Waals surface area contributed by atoms with E-state index in [-0.39, 0.29) is 48.0 Å². The number of amidine groups is 3. The molecule has 0 aliphatic carbocycles. The fraction of sp³-hybridized carbons (Fsp3) is 0.880. The van der Waals surface area contributed by atoms with Crippen molar-refractivity contribution >= 4 is 116 Å². The van der Waals surface area contributed by atoms with Crippen molar-refractivity contribution in [3.8, 4) is 0 Å². The highest BCUT2D eigenvalue weighted by molar-refractivity contribution is 7.89. The van der Waals surface area contributed by atoms with E-state index in [4.69, 9.17) is 36.2 Å². The third-order valence-corrected chi connectivity index (χ3v) is 23.1. The summed E-state index contributed by atoms with van der Waals surface area (Å²) in [5.74, 6) is 3.76. The van der Waals surface area contributed by atoms with Crippen LogP contribution in [0.15, 0.2) is 35.3 Å². The second-order valence-corrected chi connectivity index (χ2v) is 56.3. The first kappa shape index (κ1) is 164. The molecule has 0 saturated heterocycles. The Balaban J connectivity index is -0.000000180. The topological polar surface area (TPSA) is 545 Å². The minimum atomic E-state index is -3.83. The van der Waals surface area contributed by atoms with E-state index < -0.39 is 47.3 Å². The van der Waals surface area contributed by atoms with Crippen molar-refractivity contribution in [3.05, 3.63) is 11.6 Å². The first-order valence-corrected chi connectivity index (χ1v) is 60.9. The number of sulfonamides is 1. The number of anilines is 1. The highest BCUT2D eigenvalue weighted by atomic mass is 32.2. The maximum Gasteiger partial charge on any atom is 0.318 e. The Morgan fingerprint density at radius 3 is 1.15 bits per heavy atom. The maximum absolute atomic E-state index is 11.1. The number of nitrogens with one attached hydrogen (secondary N) is 6. The maximum atomic E-state index is 11.1. The van der Waals surface area contributed by atoms with E-state index in [0.29, 0.717) is 130 Å². The number of aliphatic hydroxyl groups is 2. The number of hydrogen-bond acceptors (Lipinski definition) is 23. The Bertz CT molecular complexity index is 4170. The zero-order valence-electron chi connectivity index (χ0n) is 103. The number of nitrogens with two attached hydrogens (primary N) is 4. The molecule has 0 bridgehead atoms. The number of amides is 3. The second kappa shape index (κ2) is 88.7. The van der Waals surface area contributed by atoms with Gasteiger partial charge in [-0.05, 0) is 202 Å². The second-order valence-electron chi connectivity index (χ2n) is 50.0. The minimum absolute atomic E-state index is 0.0266. The smallest absolute Gasteiger partial charge is 0.318 e. The van der Waals surface area contributed by atoms with E-state index in [2.05, 4.69) is 279 Å². The molecule has 42 heteroatoms. The largest absolute Gasteiger partial charge is 0.389 e. The van der Waals surface area contributed by atoms with Crippen molar-refractivity contribution in [1.29, 1.82) is 0 Å². The Morgan fingerprint density at radius 1 is 0.447 bits per heavy atom. The molecule has 1 aromatic heterocycles. The minimum Gasteiger partial charge on any atom is -0.389 e. The summed E-state index contributed by atoms with van der Waals surface area (Å²) in [5.41, 5.74) is 8.54. The van der Waals surface area contributed by atoms with Gasteiger partial charge in [0.25, 0.3) is 10.2 Å². The van der Waals surface area contributed by atoms with Gasteiger partial charge in [0.15, 0.2) is 16.9 Å². The number of aliphatic hydroxyl groups excluding tert-OH is 2. The lowest BCUT2D eigenvalue weighted by Gasteiger charge is -2.20. The Kier molecular flexibility index (Phi) is 96.8. The molecule has 150 heavy (non-hydrogen) atoms. The fourth-order valence-corrected chi connectivity index (χ4v) is 14.9. The van der Waals surface area contributed by atoms with Crippen LogP contribution in [0.5, 0.6) is 0 Å². The van der Waals surface area contributed by atoms with Crippen LogP contribution >= 0.6 is 11.3 Å². The lowest BCUT2D eigenvalue weighted by Crippen LogP contribution is -2.39. The van der Waals surface area contributed by atoms with Gasteiger partial charge in [-0.1, -0.05) is 241 Å². The van der Waals surface area contributed by atoms with E-state index in [0.717, 1.165) is 178 Å². The Hall–Kier alpha value is -6.35. The van der Waals surface area contributed by atoms with Crippen LogP contribution in [0.1, 0.15) is 428 Å². The van der Waals surface area contributed by atoms with Crippen LogP contribution in [0.4, 0.5) is 5.13 Å². The number of methoxy groups -OCH3 is 1. The number of unbranched alkanes of at least 4 members (excludes halogenated alkanes) is 3. The third-order valence-electron chi connectivity index (χ3n) is 20.4. The number of thiazole rings is 1. The molecule has 0 aliphatic heterocycles. The quantitative estimate of drug-likeness (QED) is 0.0125. The van der Waals surface area contributed by atoms with E-state index in [1.54, 1.807) is 56.4 Å². The standard InChI is InChI=1S/2C11H25N3O2S.C11H25N3.C10H23N3O2S.C10H18N2S.C10H21NO2.C10H20O.C9H21N3O2S.C9H19NO2.C9H18O2.C8H17NO2/c1-11(2,3)8-7-9-12-10(14(4)5)13-17(6,15)16;1-11(2,3)9-7-6-8-10(14(4)5)13-17(12,15)16;1-11(2,3)8-7-9-13-10(12-4)14(5)6;1-10(2,3)8-6-5-7-9(12-4)13-16(11,14)15;1-10(2,3)5-4-6-11-9-12-7-8-13-9;1-10(2,3)6-5-7-11-9(12)8-13-4;1-5-9(11)7-6-8-10(2,3)4;1-9(2,3)7-5-4-6-8(10)12-15(11,13)14;1-8(2)6-5-7-10(12-4)9(3)11;1-9(2,3)6-4-5-8(11)7-10;1-7(2)4-3-5-9-8(11)6-10/h7-9H2,1-6H3,(H,12,13);6-9H2,1-5H3,(H2,12,15,16);7-9H2,1-6H3,(H,12,13);5-8H2,1-4H3,(H,12,13)(H2,11,14,15);7-8H,4-6H2,1-3H3,(H,11,12);5-8H2,1-4H3,(H,11,12);5-8H2,1-4H3;4-7H2,1-3H3,(H2,10,12)(H2,11,13,14);8H,5-7H2,1-4H3;10H,4-7H2,1-3H3;7,10H,3-6H2,1-2H3,(H,9,11). The number of aromatic nitrogens is 1. The normalized spacial score (nSPS) is 12.5. The molecule has 16 N–H and O–H groups in total. The summed E-state index contributed by atoms with van der Waals surface area (Å²) >= 11 is 1.66. The van der Waals surface area contributed by atoms with Crippen LogP contribution < -0.4 is 51.9 Å². The number of ketones is 2. The van der Waals surface area contributed by atoms with Gasteiger partial charge in [0, 0.05) is 160 Å². The van der Waals surface area contributed by atoms with Crippen LogP contribution in [0, 0.1) is 60.6 Å². The van der Waals surface area contributed by atoms with Gasteiger partial charge >= 0.3 is 20.4 Å². The number of rotatable bonds is 49. The van der Waals surface area contributed by atoms with E-state index in [1.165, 1.54) is 51.9 Å². The number of carbonyl (C=O) groups excluding carboxylic acids is 5. The van der Waals surface area contributed by atoms with E-state index >= 15 is 0 Å². The summed E-state index contributed by atoms with van der Waals surface area (Å²) in [6, 6.07) is 0. The lowest BCUT2D eigenvalue weighted by molar-refractivity contribution is -0.173. The lowest BCUT2D eigenvalue weighted by atomic mass is 9.89. The average molecular weight is 2240 g/mol. The third kappa shape index (κ3) is 155. The molecule has 0 atom stereocenters. The molecule has 3 amide bonds. The molecule has 0 fully saturated rings. The van der Waals surface area contributed by atoms with Crippen molar-refractivity contribution in [2.24, 2.45) is 105 Å². The van der Waals surface area contributed by atoms with Gasteiger partial charge in [-0.25, -0.2) is 33.9 Å². The van der Waals surface area contributed by atoms with Gasteiger partial charge in [0.05, 0.1) is 13.4 Å². The van der Waals surface area contributed by atoms with Gasteiger partial charge in [0.1, 0.15) is 43.1 Å². The molecular formula is C108H232N20O17S5. The number of Topliss-reactive ketones (excluding diaryl/α,β-unsaturated/α-hetero) is 2. The molecule has 896 valence electrons. The SMILES string of the molecule is CC(C)(C)CCCC(=O)CO.CC(C)(C)CCCCC(N)=NS(N)(=O)=O.CC(C)(C)CCCNc1nccs1.CC(C)CCCNC(=O)CO.CCC(=O)CCCC(C)(C)C.CN(C)C(=NCCCC(C)(C)C)NS(C)(=O)=O.CN(C)C(CCCCC(C)(C)C)=NS(N)(=O)=O.CN=C(CCCCC(C)(C)C)NS(N)(=O)=O.CN=C(NCCCC(C)(C)C)N(C)C.COCC(=O)NCCCC(C)(C)C.CON(CCCC(C)C)C(C)=O. The number of aliphatic imine (C=N–C) groups is 3. The zero-order valence-corrected chi connectivity index (χ0v) is 108. The van der Waals surface area contributed by atoms with Gasteiger partial charge in [-0.2, -0.15) is 25.3 Å².